The Labute approximate surface area is 57.0 Å². The molecule has 1 unspecified atom stereocenters. The molecule has 1 atom stereocenters. The van der Waals surface area contributed by atoms with Gasteiger partial charge in [0.15, 0.2) is 0 Å². The standard InChI is InChI=1S/C8H15N/c1-7-3-2-4-8(9)6-5-7/h7,9H,2-6H2,1H3. The molecule has 0 heterocycles. The normalized spacial score (nSPS) is 29.9. The van der Waals surface area contributed by atoms with Gasteiger partial charge < -0.3 is 5.41 Å². The summed E-state index contributed by atoms with van der Waals surface area (Å²) >= 11 is 0. The van der Waals surface area contributed by atoms with Crippen LogP contribution in [0.3, 0.4) is 0 Å². The number of hydrogen-bond acceptors (Lipinski definition) is 1. The third-order valence-electron chi connectivity index (χ3n) is 2.11. The molecule has 0 radical (unpaired) electrons. The lowest BCUT2D eigenvalue weighted by atomic mass is 10.0. The van der Waals surface area contributed by atoms with E-state index in [1.807, 2.05) is 0 Å². The quantitative estimate of drug-likeness (QED) is 0.481. The highest BCUT2D eigenvalue weighted by Crippen LogP contribution is 2.19. The molecular formula is C8H15N. The summed E-state index contributed by atoms with van der Waals surface area (Å²) in [5.41, 5.74) is 0.972. The summed E-state index contributed by atoms with van der Waals surface area (Å²) < 4.78 is 0. The minimum absolute atomic E-state index is 0.868. The van der Waals surface area contributed by atoms with Crippen LogP contribution in [0.4, 0.5) is 0 Å². The Hall–Kier alpha value is -0.330. The third-order valence-corrected chi connectivity index (χ3v) is 2.11. The fourth-order valence-electron chi connectivity index (χ4n) is 1.35. The second kappa shape index (κ2) is 3.00. The first-order valence-corrected chi connectivity index (χ1v) is 3.85. The molecule has 1 fully saturated rings. The van der Waals surface area contributed by atoms with Gasteiger partial charge in [0.1, 0.15) is 0 Å². The van der Waals surface area contributed by atoms with Gasteiger partial charge in [-0.3, -0.25) is 0 Å². The first-order valence-electron chi connectivity index (χ1n) is 3.85. The van der Waals surface area contributed by atoms with Crippen LogP contribution < -0.4 is 0 Å². The topological polar surface area (TPSA) is 23.9 Å². The van der Waals surface area contributed by atoms with Gasteiger partial charge in [0, 0.05) is 5.71 Å². The minimum Gasteiger partial charge on any atom is -0.310 e. The highest BCUT2D eigenvalue weighted by Gasteiger charge is 2.09. The van der Waals surface area contributed by atoms with Crippen LogP contribution in [0.15, 0.2) is 0 Å². The van der Waals surface area contributed by atoms with E-state index in [-0.39, 0.29) is 0 Å². The first kappa shape index (κ1) is 6.79. The average molecular weight is 125 g/mol. The summed E-state index contributed by atoms with van der Waals surface area (Å²) in [5.74, 6) is 0.868. The summed E-state index contributed by atoms with van der Waals surface area (Å²) in [6, 6.07) is 0. The molecular weight excluding hydrogens is 110 g/mol. The van der Waals surface area contributed by atoms with Crippen LogP contribution >= 0.6 is 0 Å². The summed E-state index contributed by atoms with van der Waals surface area (Å²) in [6.07, 6.45) is 5.95. The molecule has 9 heavy (non-hydrogen) atoms. The second-order valence-electron chi connectivity index (χ2n) is 3.14. The van der Waals surface area contributed by atoms with Gasteiger partial charge in [0.2, 0.25) is 0 Å². The maximum Gasteiger partial charge on any atom is 0.00892 e. The van der Waals surface area contributed by atoms with Crippen molar-refractivity contribution in [3.8, 4) is 0 Å². The minimum atomic E-state index is 0.868. The molecule has 1 heteroatoms. The van der Waals surface area contributed by atoms with Crippen molar-refractivity contribution in [2.75, 3.05) is 0 Å². The van der Waals surface area contributed by atoms with Crippen LogP contribution in [-0.2, 0) is 0 Å². The van der Waals surface area contributed by atoms with Crippen molar-refractivity contribution in [1.82, 2.24) is 0 Å². The largest absolute Gasteiger partial charge is 0.310 e. The van der Waals surface area contributed by atoms with E-state index in [1.165, 1.54) is 19.3 Å². The van der Waals surface area contributed by atoms with Crippen LogP contribution in [0, 0.1) is 11.3 Å². The fraction of sp³-hybridized carbons (Fsp3) is 0.875. The molecule has 1 aliphatic carbocycles. The molecule has 0 spiro atoms. The third kappa shape index (κ3) is 2.17. The van der Waals surface area contributed by atoms with Gasteiger partial charge in [-0.25, -0.2) is 0 Å². The molecule has 0 aliphatic heterocycles. The van der Waals surface area contributed by atoms with Crippen LogP contribution in [0.1, 0.15) is 39.0 Å². The van der Waals surface area contributed by atoms with Crippen molar-refractivity contribution in [3.05, 3.63) is 0 Å². The first-order chi connectivity index (χ1) is 4.29. The highest BCUT2D eigenvalue weighted by molar-refractivity contribution is 5.81. The Morgan fingerprint density at radius 2 is 2.11 bits per heavy atom. The molecule has 0 aromatic carbocycles. The summed E-state index contributed by atoms with van der Waals surface area (Å²) in [4.78, 5) is 0. The van der Waals surface area contributed by atoms with E-state index < -0.39 is 0 Å². The molecule has 1 saturated carbocycles. The molecule has 0 amide bonds. The Balaban J connectivity index is 2.34. The molecule has 52 valence electrons. The van der Waals surface area contributed by atoms with E-state index in [9.17, 15) is 0 Å². The lowest BCUT2D eigenvalue weighted by molar-refractivity contribution is 0.508. The van der Waals surface area contributed by atoms with E-state index in [4.69, 9.17) is 5.41 Å². The van der Waals surface area contributed by atoms with E-state index in [1.54, 1.807) is 0 Å². The van der Waals surface area contributed by atoms with Crippen molar-refractivity contribution in [2.24, 2.45) is 5.92 Å². The Kier molecular flexibility index (Phi) is 2.26. The van der Waals surface area contributed by atoms with Crippen molar-refractivity contribution < 1.29 is 0 Å². The van der Waals surface area contributed by atoms with Gasteiger partial charge in [-0.15, -0.1) is 0 Å². The molecule has 1 N–H and O–H groups in total. The fourth-order valence-corrected chi connectivity index (χ4v) is 1.35. The van der Waals surface area contributed by atoms with Crippen molar-refractivity contribution in [2.45, 2.75) is 39.0 Å². The maximum atomic E-state index is 7.42. The molecule has 1 aliphatic rings. The summed E-state index contributed by atoms with van der Waals surface area (Å²) in [6.45, 7) is 2.29. The van der Waals surface area contributed by atoms with Crippen molar-refractivity contribution in [1.29, 1.82) is 5.41 Å². The highest BCUT2D eigenvalue weighted by atomic mass is 14.4. The Bertz CT molecular complexity index is 107. The zero-order valence-electron chi connectivity index (χ0n) is 6.11. The summed E-state index contributed by atoms with van der Waals surface area (Å²) in [7, 11) is 0. The Morgan fingerprint density at radius 3 is 2.89 bits per heavy atom. The smallest absolute Gasteiger partial charge is 0.00892 e. The predicted octanol–water partition coefficient (Wildman–Crippen LogP) is 2.61. The van der Waals surface area contributed by atoms with E-state index >= 15 is 0 Å². The van der Waals surface area contributed by atoms with Gasteiger partial charge in [-0.2, -0.15) is 0 Å². The molecule has 1 rings (SSSR count). The van der Waals surface area contributed by atoms with Crippen LogP contribution in [0.25, 0.3) is 0 Å². The van der Waals surface area contributed by atoms with Crippen LogP contribution in [0.2, 0.25) is 0 Å². The van der Waals surface area contributed by atoms with Crippen LogP contribution in [-0.4, -0.2) is 5.71 Å². The predicted molar refractivity (Wildman–Crippen MR) is 40.0 cm³/mol. The van der Waals surface area contributed by atoms with Crippen LogP contribution in [0.5, 0.6) is 0 Å². The zero-order chi connectivity index (χ0) is 6.69. The zero-order valence-corrected chi connectivity index (χ0v) is 6.11. The Morgan fingerprint density at radius 1 is 1.33 bits per heavy atom. The lowest BCUT2D eigenvalue weighted by Gasteiger charge is -2.02. The van der Waals surface area contributed by atoms with E-state index in [2.05, 4.69) is 6.92 Å². The van der Waals surface area contributed by atoms with Gasteiger partial charge in [0.05, 0.1) is 0 Å². The van der Waals surface area contributed by atoms with E-state index in [0.29, 0.717) is 0 Å². The average Bonchev–Trinajstić information content (AvgIpc) is 1.97. The van der Waals surface area contributed by atoms with Gasteiger partial charge in [-0.1, -0.05) is 13.3 Å². The SMILES string of the molecule is CC1CCCC(=N)CC1. The molecule has 0 aromatic rings. The number of rotatable bonds is 0. The van der Waals surface area contributed by atoms with Gasteiger partial charge in [-0.05, 0) is 31.6 Å². The number of hydrogen-bond donors (Lipinski definition) is 1. The molecule has 0 bridgehead atoms. The molecule has 0 saturated heterocycles. The lowest BCUT2D eigenvalue weighted by Crippen LogP contribution is -1.92. The van der Waals surface area contributed by atoms with Gasteiger partial charge in [0.25, 0.3) is 0 Å². The monoisotopic (exact) mass is 125 g/mol. The second-order valence-corrected chi connectivity index (χ2v) is 3.14. The maximum absolute atomic E-state index is 7.42. The summed E-state index contributed by atoms with van der Waals surface area (Å²) in [5, 5.41) is 7.42. The van der Waals surface area contributed by atoms with Crippen molar-refractivity contribution in [3.63, 3.8) is 0 Å². The van der Waals surface area contributed by atoms with Gasteiger partial charge >= 0.3 is 0 Å². The van der Waals surface area contributed by atoms with E-state index in [0.717, 1.165) is 24.5 Å². The number of nitrogens with one attached hydrogen (secondary N) is 1. The molecule has 0 aromatic heterocycles. The van der Waals surface area contributed by atoms with Crippen molar-refractivity contribution >= 4 is 5.71 Å². The molecule has 1 nitrogen and oxygen atoms in total.